The summed E-state index contributed by atoms with van der Waals surface area (Å²) in [4.78, 5) is 2.74. The summed E-state index contributed by atoms with van der Waals surface area (Å²) in [6, 6.07) is 8.54. The minimum absolute atomic E-state index is 0.327. The van der Waals surface area contributed by atoms with Gasteiger partial charge in [-0.2, -0.15) is 0 Å². The summed E-state index contributed by atoms with van der Waals surface area (Å²) < 4.78 is 13.5. The zero-order chi connectivity index (χ0) is 20.9. The van der Waals surface area contributed by atoms with Crippen LogP contribution in [0.3, 0.4) is 0 Å². The van der Waals surface area contributed by atoms with Crippen molar-refractivity contribution < 1.29 is 4.39 Å². The average Bonchev–Trinajstić information content (AvgIpc) is 3.52. The second-order valence-corrected chi connectivity index (χ2v) is 10.4. The van der Waals surface area contributed by atoms with E-state index in [1.165, 1.54) is 57.5 Å². The highest BCUT2D eigenvalue weighted by molar-refractivity contribution is 6.33. The van der Waals surface area contributed by atoms with Crippen molar-refractivity contribution in [3.63, 3.8) is 0 Å². The normalized spacial score (nSPS) is 33.9. The SMILES string of the molecule is Fc1ccc(Cl)c(-c2ccc(NC3C[C@@H]4CN(CC5CC6C=CC5C6)C[C@@H]4C3)nn2)c1. The number of nitrogens with zero attached hydrogens (tertiary/aromatic N) is 3. The van der Waals surface area contributed by atoms with Gasteiger partial charge in [0.25, 0.3) is 0 Å². The molecule has 0 spiro atoms. The Morgan fingerprint density at radius 2 is 1.84 bits per heavy atom. The van der Waals surface area contributed by atoms with E-state index < -0.39 is 0 Å². The number of allylic oxidation sites excluding steroid dienone is 2. The van der Waals surface area contributed by atoms with Gasteiger partial charge >= 0.3 is 0 Å². The number of hydrogen-bond donors (Lipinski definition) is 1. The molecule has 6 heteroatoms. The molecule has 4 unspecified atom stereocenters. The molecular weight excluding hydrogens is 411 g/mol. The summed E-state index contributed by atoms with van der Waals surface area (Å²) in [5, 5.41) is 12.7. The Morgan fingerprint density at radius 3 is 2.52 bits per heavy atom. The molecule has 2 heterocycles. The van der Waals surface area contributed by atoms with E-state index in [-0.39, 0.29) is 5.82 Å². The molecule has 31 heavy (non-hydrogen) atoms. The Kier molecular flexibility index (Phi) is 4.99. The van der Waals surface area contributed by atoms with Gasteiger partial charge in [0.15, 0.2) is 0 Å². The van der Waals surface area contributed by atoms with Gasteiger partial charge in [-0.25, -0.2) is 4.39 Å². The molecule has 2 bridgehead atoms. The summed E-state index contributed by atoms with van der Waals surface area (Å²) in [6.45, 7) is 3.80. The van der Waals surface area contributed by atoms with Crippen molar-refractivity contribution in [2.45, 2.75) is 31.7 Å². The average molecular weight is 439 g/mol. The Bertz CT molecular complexity index is 980. The van der Waals surface area contributed by atoms with Crippen LogP contribution in [0.25, 0.3) is 11.3 Å². The van der Waals surface area contributed by atoms with Crippen molar-refractivity contribution in [1.82, 2.24) is 15.1 Å². The molecule has 6 rings (SSSR count). The Balaban J connectivity index is 1.03. The lowest BCUT2D eigenvalue weighted by atomic mass is 9.93. The van der Waals surface area contributed by atoms with Crippen LogP contribution >= 0.6 is 11.6 Å². The van der Waals surface area contributed by atoms with Gasteiger partial charge in [-0.3, -0.25) is 0 Å². The maximum atomic E-state index is 13.5. The van der Waals surface area contributed by atoms with Crippen LogP contribution < -0.4 is 5.32 Å². The Morgan fingerprint density at radius 1 is 1.00 bits per heavy atom. The van der Waals surface area contributed by atoms with Crippen LogP contribution in [0.4, 0.5) is 10.2 Å². The van der Waals surface area contributed by atoms with Gasteiger partial charge in [0.1, 0.15) is 11.6 Å². The fraction of sp³-hybridized carbons (Fsp3) is 0.520. The molecule has 0 amide bonds. The number of benzene rings is 1. The topological polar surface area (TPSA) is 41.0 Å². The molecule has 2 aromatic rings. The molecular formula is C25H28ClFN4. The highest BCUT2D eigenvalue weighted by Gasteiger charge is 2.43. The van der Waals surface area contributed by atoms with Crippen LogP contribution in [-0.4, -0.2) is 40.8 Å². The number of likely N-dealkylation sites (tertiary alicyclic amines) is 1. The number of rotatable bonds is 5. The molecule has 1 saturated heterocycles. The number of fused-ring (bicyclic) bond motifs is 3. The van der Waals surface area contributed by atoms with E-state index in [1.54, 1.807) is 6.07 Å². The second-order valence-electron chi connectivity index (χ2n) is 10.0. The number of anilines is 1. The van der Waals surface area contributed by atoms with E-state index in [4.69, 9.17) is 11.6 Å². The summed E-state index contributed by atoms with van der Waals surface area (Å²) >= 11 is 6.19. The van der Waals surface area contributed by atoms with Crippen molar-refractivity contribution in [1.29, 1.82) is 0 Å². The Labute approximate surface area is 187 Å². The first-order chi connectivity index (χ1) is 15.1. The molecule has 162 valence electrons. The van der Waals surface area contributed by atoms with Crippen molar-refractivity contribution in [2.24, 2.45) is 29.6 Å². The van der Waals surface area contributed by atoms with E-state index in [2.05, 4.69) is 32.6 Å². The van der Waals surface area contributed by atoms with Crippen molar-refractivity contribution in [3.05, 3.63) is 53.3 Å². The minimum Gasteiger partial charge on any atom is -0.366 e. The van der Waals surface area contributed by atoms with E-state index in [0.29, 0.717) is 22.3 Å². The molecule has 3 aliphatic carbocycles. The third kappa shape index (κ3) is 3.87. The predicted octanol–water partition coefficient (Wildman–Crippen LogP) is 5.27. The molecule has 2 saturated carbocycles. The maximum absolute atomic E-state index is 13.5. The van der Waals surface area contributed by atoms with Crippen LogP contribution in [0.2, 0.25) is 5.02 Å². The lowest BCUT2D eigenvalue weighted by molar-refractivity contribution is 0.238. The first kappa shape index (κ1) is 19.7. The van der Waals surface area contributed by atoms with Crippen molar-refractivity contribution >= 4 is 17.4 Å². The summed E-state index contributed by atoms with van der Waals surface area (Å²) in [6.07, 6.45) is 10.1. The lowest BCUT2D eigenvalue weighted by Gasteiger charge is -2.26. The smallest absolute Gasteiger partial charge is 0.148 e. The monoisotopic (exact) mass is 438 g/mol. The zero-order valence-corrected chi connectivity index (χ0v) is 18.3. The van der Waals surface area contributed by atoms with E-state index in [9.17, 15) is 4.39 Å². The molecule has 4 nitrogen and oxygen atoms in total. The van der Waals surface area contributed by atoms with Gasteiger partial charge in [0, 0.05) is 31.2 Å². The van der Waals surface area contributed by atoms with Crippen LogP contribution in [0.5, 0.6) is 0 Å². The largest absolute Gasteiger partial charge is 0.366 e. The highest BCUT2D eigenvalue weighted by atomic mass is 35.5. The molecule has 4 aliphatic rings. The first-order valence-electron chi connectivity index (χ1n) is 11.6. The molecule has 1 N–H and O–H groups in total. The maximum Gasteiger partial charge on any atom is 0.148 e. The van der Waals surface area contributed by atoms with Crippen LogP contribution in [0, 0.1) is 35.4 Å². The molecule has 0 radical (unpaired) electrons. The Hall–Kier alpha value is -1.98. The van der Waals surface area contributed by atoms with Gasteiger partial charge in [0.05, 0.1) is 10.7 Å². The van der Waals surface area contributed by atoms with E-state index in [0.717, 1.165) is 35.4 Å². The molecule has 1 aromatic carbocycles. The third-order valence-electron chi connectivity index (χ3n) is 7.96. The fourth-order valence-electron chi connectivity index (χ4n) is 6.56. The molecule has 6 atom stereocenters. The van der Waals surface area contributed by atoms with Crippen LogP contribution in [0.1, 0.15) is 25.7 Å². The van der Waals surface area contributed by atoms with Crippen LogP contribution in [0.15, 0.2) is 42.5 Å². The summed E-state index contributed by atoms with van der Waals surface area (Å²) in [5.41, 5.74) is 1.16. The third-order valence-corrected chi connectivity index (χ3v) is 8.29. The molecule has 1 aliphatic heterocycles. The van der Waals surface area contributed by atoms with Gasteiger partial charge in [-0.05, 0) is 85.6 Å². The van der Waals surface area contributed by atoms with Gasteiger partial charge in [-0.1, -0.05) is 23.8 Å². The quantitative estimate of drug-likeness (QED) is 0.645. The first-order valence-corrected chi connectivity index (χ1v) is 11.9. The number of aromatic nitrogens is 2. The summed E-state index contributed by atoms with van der Waals surface area (Å²) in [5.74, 6) is 4.66. The number of nitrogens with one attached hydrogen (secondary N) is 1. The number of hydrogen-bond acceptors (Lipinski definition) is 4. The van der Waals surface area contributed by atoms with Crippen LogP contribution in [-0.2, 0) is 0 Å². The van der Waals surface area contributed by atoms with Gasteiger partial charge in [0.2, 0.25) is 0 Å². The van der Waals surface area contributed by atoms with Gasteiger partial charge in [-0.15, -0.1) is 10.2 Å². The van der Waals surface area contributed by atoms with E-state index >= 15 is 0 Å². The van der Waals surface area contributed by atoms with Crippen molar-refractivity contribution in [3.8, 4) is 11.3 Å². The van der Waals surface area contributed by atoms with E-state index in [1.807, 2.05) is 12.1 Å². The van der Waals surface area contributed by atoms with Gasteiger partial charge < -0.3 is 10.2 Å². The lowest BCUT2D eigenvalue weighted by Crippen LogP contribution is -2.31. The fourth-order valence-corrected chi connectivity index (χ4v) is 6.77. The highest BCUT2D eigenvalue weighted by Crippen LogP contribution is 2.45. The molecule has 1 aromatic heterocycles. The molecule has 3 fully saturated rings. The predicted molar refractivity (Wildman–Crippen MR) is 121 cm³/mol. The number of halogens is 2. The standard InChI is InChI=1S/C25H28ClFN4/c26-23-4-3-20(27)11-22(23)24-5-6-25(30-29-24)28-21-9-18-13-31(14-19(18)10-21)12-17-8-15-1-2-16(17)7-15/h1-6,11,15-19,21H,7-10,12-14H2,(H,28,30)/t15?,16?,17?,18-,19+,21?. The van der Waals surface area contributed by atoms with Crippen molar-refractivity contribution in [2.75, 3.05) is 25.0 Å². The minimum atomic E-state index is -0.327. The second kappa shape index (κ2) is 7.86. The zero-order valence-electron chi connectivity index (χ0n) is 17.6. The summed E-state index contributed by atoms with van der Waals surface area (Å²) in [7, 11) is 0.